The second-order valence-corrected chi connectivity index (χ2v) is 7.64. The Hall–Kier alpha value is -3.12. The first-order valence-corrected chi connectivity index (χ1v) is 9.71. The molecule has 0 aliphatic rings. The molecule has 6 heteroatoms. The fourth-order valence-corrected chi connectivity index (χ4v) is 4.17. The van der Waals surface area contributed by atoms with Gasteiger partial charge in [-0.1, -0.05) is 42.5 Å². The van der Waals surface area contributed by atoms with Crippen molar-refractivity contribution in [1.82, 2.24) is 0 Å². The molecule has 0 saturated carbocycles. The van der Waals surface area contributed by atoms with Crippen molar-refractivity contribution in [3.05, 3.63) is 81.7 Å². The third-order valence-corrected chi connectivity index (χ3v) is 5.52. The van der Waals surface area contributed by atoms with Crippen LogP contribution >= 0.6 is 11.3 Å². The van der Waals surface area contributed by atoms with Crippen LogP contribution in [0.2, 0.25) is 0 Å². The molecule has 0 unspecified atom stereocenters. The Labute approximate surface area is 168 Å². The van der Waals surface area contributed by atoms with Gasteiger partial charge >= 0.3 is 0 Å². The molecule has 3 N–H and O–H groups in total. The van der Waals surface area contributed by atoms with Crippen molar-refractivity contribution in [2.45, 2.75) is 20.3 Å². The zero-order chi connectivity index (χ0) is 20.1. The number of aryl methyl sites for hydroxylation is 1. The number of hydrogen-bond donors (Lipinski definition) is 2. The molecule has 1 aromatic heterocycles. The van der Waals surface area contributed by atoms with Crippen LogP contribution in [0.4, 0.5) is 5.00 Å². The molecule has 0 fully saturated rings. The fraction of sp³-hybridized carbons (Fsp3) is 0.182. The van der Waals surface area contributed by atoms with Crippen LogP contribution in [0, 0.1) is 13.8 Å². The Kier molecular flexibility index (Phi) is 6.11. The van der Waals surface area contributed by atoms with Crippen LogP contribution in [0.5, 0.6) is 5.75 Å². The second-order valence-electron chi connectivity index (χ2n) is 6.53. The number of carbonyl (C=O) groups excluding carboxylic acids is 2. The first kappa shape index (κ1) is 19.6. The summed E-state index contributed by atoms with van der Waals surface area (Å²) in [5.74, 6) is -0.267. The number of rotatable bonds is 7. The standard InChI is InChI=1S/C22H22N2O3S/c1-14-7-6-10-17(11-14)27-13-19(25)24-22-20(21(23)26)15(2)18(28-22)12-16-8-4-3-5-9-16/h3-11H,12-13H2,1-2H3,(H2,23,26)(H,24,25). The Morgan fingerprint density at radius 2 is 1.82 bits per heavy atom. The number of thiophene rings is 1. The molecule has 2 aromatic carbocycles. The lowest BCUT2D eigenvalue weighted by molar-refractivity contribution is -0.118. The van der Waals surface area contributed by atoms with Crippen LogP contribution in [0.15, 0.2) is 54.6 Å². The van der Waals surface area contributed by atoms with Crippen LogP contribution in [-0.4, -0.2) is 18.4 Å². The van der Waals surface area contributed by atoms with Gasteiger partial charge in [0.2, 0.25) is 0 Å². The molecule has 144 valence electrons. The third-order valence-electron chi connectivity index (χ3n) is 4.31. The molecular weight excluding hydrogens is 372 g/mol. The highest BCUT2D eigenvalue weighted by molar-refractivity contribution is 7.17. The van der Waals surface area contributed by atoms with E-state index in [0.717, 1.165) is 21.6 Å². The minimum Gasteiger partial charge on any atom is -0.484 e. The summed E-state index contributed by atoms with van der Waals surface area (Å²) in [6.45, 7) is 3.66. The Balaban J connectivity index is 1.74. The van der Waals surface area contributed by atoms with Gasteiger partial charge in [0.15, 0.2) is 6.61 Å². The van der Waals surface area contributed by atoms with Crippen molar-refractivity contribution in [2.24, 2.45) is 5.73 Å². The average molecular weight is 394 g/mol. The first-order valence-electron chi connectivity index (χ1n) is 8.89. The lowest BCUT2D eigenvalue weighted by Crippen LogP contribution is -2.22. The quantitative estimate of drug-likeness (QED) is 0.634. The average Bonchev–Trinajstić information content (AvgIpc) is 2.96. The van der Waals surface area contributed by atoms with E-state index in [9.17, 15) is 9.59 Å². The largest absolute Gasteiger partial charge is 0.484 e. The zero-order valence-corrected chi connectivity index (χ0v) is 16.6. The normalized spacial score (nSPS) is 10.5. The third kappa shape index (κ3) is 4.78. The van der Waals surface area contributed by atoms with Crippen molar-refractivity contribution in [3.8, 4) is 5.75 Å². The van der Waals surface area contributed by atoms with Crippen LogP contribution in [0.1, 0.15) is 31.9 Å². The molecule has 5 nitrogen and oxygen atoms in total. The molecule has 0 aliphatic heterocycles. The lowest BCUT2D eigenvalue weighted by Gasteiger charge is -2.08. The second kappa shape index (κ2) is 8.71. The summed E-state index contributed by atoms with van der Waals surface area (Å²) in [6.07, 6.45) is 0.674. The number of ether oxygens (including phenoxy) is 1. The smallest absolute Gasteiger partial charge is 0.262 e. The maximum absolute atomic E-state index is 12.3. The summed E-state index contributed by atoms with van der Waals surface area (Å²) in [6, 6.07) is 17.4. The van der Waals surface area contributed by atoms with Crippen molar-refractivity contribution in [2.75, 3.05) is 11.9 Å². The number of nitrogens with two attached hydrogens (primary N) is 1. The number of amides is 2. The number of hydrogen-bond acceptors (Lipinski definition) is 4. The van der Waals surface area contributed by atoms with Gasteiger partial charge in [0.25, 0.3) is 11.8 Å². The van der Waals surface area contributed by atoms with Crippen LogP contribution < -0.4 is 15.8 Å². The molecule has 0 bridgehead atoms. The number of carbonyl (C=O) groups is 2. The summed E-state index contributed by atoms with van der Waals surface area (Å²) in [5, 5.41) is 3.24. The van der Waals surface area contributed by atoms with Crippen LogP contribution in [0.25, 0.3) is 0 Å². The van der Waals surface area contributed by atoms with E-state index in [1.165, 1.54) is 11.3 Å². The summed E-state index contributed by atoms with van der Waals surface area (Å²) < 4.78 is 5.53. The van der Waals surface area contributed by atoms with E-state index in [-0.39, 0.29) is 12.5 Å². The summed E-state index contributed by atoms with van der Waals surface area (Å²) in [4.78, 5) is 25.3. The van der Waals surface area contributed by atoms with Gasteiger partial charge in [0, 0.05) is 11.3 Å². The van der Waals surface area contributed by atoms with Crippen molar-refractivity contribution in [3.63, 3.8) is 0 Å². The molecule has 28 heavy (non-hydrogen) atoms. The van der Waals surface area contributed by atoms with Crippen molar-refractivity contribution >= 4 is 28.2 Å². The van der Waals surface area contributed by atoms with E-state index in [0.29, 0.717) is 22.7 Å². The number of nitrogens with one attached hydrogen (secondary N) is 1. The molecule has 3 aromatic rings. The van der Waals surface area contributed by atoms with Gasteiger partial charge in [0.1, 0.15) is 10.8 Å². The molecule has 0 spiro atoms. The van der Waals surface area contributed by atoms with E-state index in [2.05, 4.69) is 5.32 Å². The molecule has 3 rings (SSSR count). The molecule has 2 amide bonds. The molecule has 0 saturated heterocycles. The molecule has 0 radical (unpaired) electrons. The maximum Gasteiger partial charge on any atom is 0.262 e. The van der Waals surface area contributed by atoms with E-state index in [1.54, 1.807) is 6.07 Å². The predicted octanol–water partition coefficient (Wildman–Crippen LogP) is 4.07. The minimum atomic E-state index is -0.553. The molecule has 1 heterocycles. The van der Waals surface area contributed by atoms with Gasteiger partial charge in [0.05, 0.1) is 5.56 Å². The van der Waals surface area contributed by atoms with Crippen molar-refractivity contribution < 1.29 is 14.3 Å². The van der Waals surface area contributed by atoms with Gasteiger partial charge in [-0.25, -0.2) is 0 Å². The lowest BCUT2D eigenvalue weighted by atomic mass is 10.1. The van der Waals surface area contributed by atoms with Gasteiger partial charge in [-0.3, -0.25) is 9.59 Å². The number of primary amides is 1. The molecule has 0 atom stereocenters. The Morgan fingerprint density at radius 3 is 2.50 bits per heavy atom. The maximum atomic E-state index is 12.3. The number of anilines is 1. The highest BCUT2D eigenvalue weighted by atomic mass is 32.1. The van der Waals surface area contributed by atoms with E-state index < -0.39 is 5.91 Å². The summed E-state index contributed by atoms with van der Waals surface area (Å²) in [5.41, 5.74) is 8.91. The van der Waals surface area contributed by atoms with Gasteiger partial charge < -0.3 is 15.8 Å². The highest BCUT2D eigenvalue weighted by Crippen LogP contribution is 2.34. The van der Waals surface area contributed by atoms with Gasteiger partial charge in [-0.2, -0.15) is 0 Å². The Bertz CT molecular complexity index is 996. The monoisotopic (exact) mass is 394 g/mol. The highest BCUT2D eigenvalue weighted by Gasteiger charge is 2.21. The molecular formula is C22H22N2O3S. The van der Waals surface area contributed by atoms with E-state index >= 15 is 0 Å². The summed E-state index contributed by atoms with van der Waals surface area (Å²) >= 11 is 1.37. The SMILES string of the molecule is Cc1cccc(OCC(=O)Nc2sc(Cc3ccccc3)c(C)c2C(N)=O)c1. The minimum absolute atomic E-state index is 0.146. The number of benzene rings is 2. The predicted molar refractivity (Wildman–Crippen MR) is 112 cm³/mol. The molecule has 0 aliphatic carbocycles. The van der Waals surface area contributed by atoms with E-state index in [4.69, 9.17) is 10.5 Å². The zero-order valence-electron chi connectivity index (χ0n) is 15.8. The fourth-order valence-electron chi connectivity index (χ4n) is 2.91. The van der Waals surface area contributed by atoms with Crippen LogP contribution in [-0.2, 0) is 11.2 Å². The topological polar surface area (TPSA) is 81.4 Å². The van der Waals surface area contributed by atoms with Gasteiger partial charge in [-0.15, -0.1) is 11.3 Å². The summed E-state index contributed by atoms with van der Waals surface area (Å²) in [7, 11) is 0. The Morgan fingerprint density at radius 1 is 1.07 bits per heavy atom. The van der Waals surface area contributed by atoms with Crippen molar-refractivity contribution in [1.29, 1.82) is 0 Å². The van der Waals surface area contributed by atoms with Gasteiger partial charge in [-0.05, 0) is 42.7 Å². The first-order chi connectivity index (χ1) is 13.4. The van der Waals surface area contributed by atoms with Crippen LogP contribution in [0.3, 0.4) is 0 Å². The van der Waals surface area contributed by atoms with E-state index in [1.807, 2.05) is 62.4 Å².